The summed E-state index contributed by atoms with van der Waals surface area (Å²) < 4.78 is 5.14. The number of rotatable bonds is 7. The highest BCUT2D eigenvalue weighted by molar-refractivity contribution is 6.20. The molecule has 0 radical (unpaired) electrons. The van der Waals surface area contributed by atoms with Crippen molar-refractivity contribution in [1.29, 1.82) is 0 Å². The van der Waals surface area contributed by atoms with Crippen molar-refractivity contribution < 1.29 is 4.74 Å². The van der Waals surface area contributed by atoms with Crippen LogP contribution < -0.4 is 0 Å². The first-order valence-electron chi connectivity index (χ1n) is 4.98. The summed E-state index contributed by atoms with van der Waals surface area (Å²) in [6, 6.07) is 0. The van der Waals surface area contributed by atoms with E-state index in [2.05, 4.69) is 19.1 Å². The topological polar surface area (TPSA) is 9.23 Å². The quantitative estimate of drug-likeness (QED) is 0.453. The molecule has 2 unspecified atom stereocenters. The monoisotopic (exact) mass is 204 g/mol. The third-order valence-corrected chi connectivity index (χ3v) is 2.26. The summed E-state index contributed by atoms with van der Waals surface area (Å²) in [5.74, 6) is 0. The lowest BCUT2D eigenvalue weighted by Crippen LogP contribution is -2.02. The van der Waals surface area contributed by atoms with Gasteiger partial charge in [-0.1, -0.05) is 12.2 Å². The molecule has 0 amide bonds. The fraction of sp³-hybridized carbons (Fsp3) is 0.818. The van der Waals surface area contributed by atoms with E-state index < -0.39 is 0 Å². The maximum atomic E-state index is 5.81. The summed E-state index contributed by atoms with van der Waals surface area (Å²) in [5, 5.41) is 0.294. The third-order valence-electron chi connectivity index (χ3n) is 2.04. The molecule has 0 heterocycles. The van der Waals surface area contributed by atoms with Crippen molar-refractivity contribution in [1.82, 2.24) is 0 Å². The molecule has 0 fully saturated rings. The van der Waals surface area contributed by atoms with Gasteiger partial charge in [0, 0.05) is 12.5 Å². The second-order valence-corrected chi connectivity index (χ2v) is 4.20. The highest BCUT2D eigenvalue weighted by Crippen LogP contribution is 2.06. The molecule has 0 bridgehead atoms. The van der Waals surface area contributed by atoms with Crippen LogP contribution in [0.15, 0.2) is 12.2 Å². The van der Waals surface area contributed by atoms with Gasteiger partial charge in [0.1, 0.15) is 0 Å². The van der Waals surface area contributed by atoms with Gasteiger partial charge in [0.15, 0.2) is 0 Å². The molecule has 0 saturated carbocycles. The van der Waals surface area contributed by atoms with E-state index in [0.29, 0.717) is 11.5 Å². The van der Waals surface area contributed by atoms with Gasteiger partial charge >= 0.3 is 0 Å². The normalized spacial score (nSPS) is 16.3. The molecule has 1 nitrogen and oxygen atoms in total. The number of allylic oxidation sites excluding steroid dienone is 2. The third kappa shape index (κ3) is 9.91. The molecular formula is C11H21ClO. The Morgan fingerprint density at radius 3 is 2.15 bits per heavy atom. The van der Waals surface area contributed by atoms with E-state index in [9.17, 15) is 0 Å². The molecule has 0 rings (SSSR count). The Kier molecular flexibility index (Phi) is 8.58. The van der Waals surface area contributed by atoms with Crippen LogP contribution in [0.1, 0.15) is 39.5 Å². The van der Waals surface area contributed by atoms with Crippen molar-refractivity contribution in [2.75, 3.05) is 7.11 Å². The molecule has 2 heteroatoms. The molecule has 0 spiro atoms. The maximum Gasteiger partial charge on any atom is 0.0546 e. The Hall–Kier alpha value is -0.0100. The molecule has 0 aromatic heterocycles. The lowest BCUT2D eigenvalue weighted by molar-refractivity contribution is 0.112. The van der Waals surface area contributed by atoms with Crippen molar-refractivity contribution in [3.05, 3.63) is 12.2 Å². The first kappa shape index (κ1) is 13.0. The lowest BCUT2D eigenvalue weighted by Gasteiger charge is -2.05. The zero-order valence-corrected chi connectivity index (χ0v) is 9.68. The predicted octanol–water partition coefficient (Wildman–Crippen LogP) is 3.77. The van der Waals surface area contributed by atoms with Crippen molar-refractivity contribution in [2.45, 2.75) is 51.0 Å². The van der Waals surface area contributed by atoms with Crippen molar-refractivity contribution in [3.8, 4) is 0 Å². The van der Waals surface area contributed by atoms with E-state index in [-0.39, 0.29) is 0 Å². The molecule has 0 aliphatic carbocycles. The van der Waals surface area contributed by atoms with Gasteiger partial charge in [-0.3, -0.25) is 0 Å². The Morgan fingerprint density at radius 2 is 1.69 bits per heavy atom. The summed E-state index contributed by atoms with van der Waals surface area (Å²) in [4.78, 5) is 0. The molecule has 0 N–H and O–H groups in total. The van der Waals surface area contributed by atoms with E-state index >= 15 is 0 Å². The minimum Gasteiger partial charge on any atom is -0.382 e. The maximum absolute atomic E-state index is 5.81. The first-order chi connectivity index (χ1) is 6.16. The average molecular weight is 205 g/mol. The molecule has 0 aliphatic rings. The summed E-state index contributed by atoms with van der Waals surface area (Å²) in [7, 11) is 1.75. The van der Waals surface area contributed by atoms with Crippen molar-refractivity contribution >= 4 is 11.6 Å². The smallest absolute Gasteiger partial charge is 0.0546 e. The Morgan fingerprint density at radius 1 is 1.15 bits per heavy atom. The molecule has 13 heavy (non-hydrogen) atoms. The van der Waals surface area contributed by atoms with Gasteiger partial charge in [0.2, 0.25) is 0 Å². The number of halogens is 1. The van der Waals surface area contributed by atoms with Crippen LogP contribution >= 0.6 is 11.6 Å². The van der Waals surface area contributed by atoms with Gasteiger partial charge in [-0.05, 0) is 39.5 Å². The average Bonchev–Trinajstić information content (AvgIpc) is 2.10. The highest BCUT2D eigenvalue weighted by atomic mass is 35.5. The molecule has 2 atom stereocenters. The van der Waals surface area contributed by atoms with Crippen molar-refractivity contribution in [2.24, 2.45) is 0 Å². The van der Waals surface area contributed by atoms with Crippen LogP contribution in [0.4, 0.5) is 0 Å². The minimum absolute atomic E-state index is 0.294. The molecule has 0 aromatic carbocycles. The lowest BCUT2D eigenvalue weighted by atomic mass is 10.2. The van der Waals surface area contributed by atoms with E-state index in [1.54, 1.807) is 7.11 Å². The van der Waals surface area contributed by atoms with E-state index in [4.69, 9.17) is 16.3 Å². The van der Waals surface area contributed by atoms with Gasteiger partial charge < -0.3 is 4.74 Å². The fourth-order valence-electron chi connectivity index (χ4n) is 1.01. The minimum atomic E-state index is 0.294. The van der Waals surface area contributed by atoms with Crippen LogP contribution in [0, 0.1) is 0 Å². The highest BCUT2D eigenvalue weighted by Gasteiger charge is 1.95. The number of hydrogen-bond acceptors (Lipinski definition) is 1. The van der Waals surface area contributed by atoms with Gasteiger partial charge in [0.05, 0.1) is 6.10 Å². The molecule has 0 saturated heterocycles. The van der Waals surface area contributed by atoms with Gasteiger partial charge in [0.25, 0.3) is 0 Å². The number of ether oxygens (including phenoxy) is 1. The van der Waals surface area contributed by atoms with Crippen LogP contribution in [0.3, 0.4) is 0 Å². The SMILES string of the molecule is COC(C)CCC=CCCC(C)Cl. The van der Waals surface area contributed by atoms with Gasteiger partial charge in [-0.15, -0.1) is 11.6 Å². The molecule has 78 valence electrons. The zero-order valence-electron chi connectivity index (χ0n) is 8.92. The van der Waals surface area contributed by atoms with Crippen LogP contribution in [-0.4, -0.2) is 18.6 Å². The predicted molar refractivity (Wildman–Crippen MR) is 59.4 cm³/mol. The number of methoxy groups -OCH3 is 1. The fourth-order valence-corrected chi connectivity index (χ4v) is 1.14. The second kappa shape index (κ2) is 8.58. The largest absolute Gasteiger partial charge is 0.382 e. The van der Waals surface area contributed by atoms with E-state index in [1.165, 1.54) is 0 Å². The van der Waals surface area contributed by atoms with Gasteiger partial charge in [-0.2, -0.15) is 0 Å². The second-order valence-electron chi connectivity index (χ2n) is 3.45. The summed E-state index contributed by atoms with van der Waals surface area (Å²) in [6.45, 7) is 4.12. The van der Waals surface area contributed by atoms with Gasteiger partial charge in [-0.25, -0.2) is 0 Å². The summed E-state index contributed by atoms with van der Waals surface area (Å²) >= 11 is 5.81. The number of hydrogen-bond donors (Lipinski definition) is 0. The van der Waals surface area contributed by atoms with E-state index in [0.717, 1.165) is 25.7 Å². The van der Waals surface area contributed by atoms with Crippen LogP contribution in [0.25, 0.3) is 0 Å². The zero-order chi connectivity index (χ0) is 10.1. The Labute approximate surface area is 87.1 Å². The Bertz CT molecular complexity index is 132. The standard InChI is InChI=1S/C11H21ClO/c1-10(12)8-6-4-5-7-9-11(2)13-3/h4-5,10-11H,6-9H2,1-3H3. The molecule has 0 aromatic rings. The van der Waals surface area contributed by atoms with Crippen LogP contribution in [-0.2, 0) is 4.74 Å². The first-order valence-corrected chi connectivity index (χ1v) is 5.42. The summed E-state index contributed by atoms with van der Waals surface area (Å²) in [6.07, 6.45) is 9.16. The summed E-state index contributed by atoms with van der Waals surface area (Å²) in [5.41, 5.74) is 0. The molecule has 0 aliphatic heterocycles. The van der Waals surface area contributed by atoms with E-state index in [1.807, 2.05) is 6.92 Å². The van der Waals surface area contributed by atoms with Crippen LogP contribution in [0.2, 0.25) is 0 Å². The number of alkyl halides is 1. The molecular weight excluding hydrogens is 184 g/mol. The van der Waals surface area contributed by atoms with Crippen LogP contribution in [0.5, 0.6) is 0 Å². The van der Waals surface area contributed by atoms with Crippen molar-refractivity contribution in [3.63, 3.8) is 0 Å². The Balaban J connectivity index is 3.22.